The van der Waals surface area contributed by atoms with Crippen molar-refractivity contribution in [3.63, 3.8) is 0 Å². The number of halogens is 1. The molecular formula is C24H25FN6O2. The molecule has 0 saturated carbocycles. The van der Waals surface area contributed by atoms with Gasteiger partial charge in [0.05, 0.1) is 19.3 Å². The molecule has 1 N–H and O–H groups in total. The Bertz CT molecular complexity index is 1120. The van der Waals surface area contributed by atoms with E-state index in [2.05, 4.69) is 15.6 Å². The van der Waals surface area contributed by atoms with Crippen molar-refractivity contribution >= 4 is 23.6 Å². The second-order valence-electron chi connectivity index (χ2n) is 7.82. The average Bonchev–Trinajstić information content (AvgIpc) is 3.26. The van der Waals surface area contributed by atoms with Crippen LogP contribution in [0.15, 0.2) is 66.9 Å². The number of nitrogens with one attached hydrogen (secondary N) is 1. The predicted octanol–water partition coefficient (Wildman–Crippen LogP) is 2.26. The zero-order valence-corrected chi connectivity index (χ0v) is 18.1. The molecule has 2 amide bonds. The van der Waals surface area contributed by atoms with Gasteiger partial charge in [-0.15, -0.1) is 5.10 Å². The van der Waals surface area contributed by atoms with Gasteiger partial charge in [0.2, 0.25) is 11.8 Å². The van der Waals surface area contributed by atoms with Gasteiger partial charge in [0, 0.05) is 37.9 Å². The third-order valence-corrected chi connectivity index (χ3v) is 5.30. The highest BCUT2D eigenvalue weighted by atomic mass is 19.1. The fourth-order valence-corrected chi connectivity index (χ4v) is 3.60. The summed E-state index contributed by atoms with van der Waals surface area (Å²) >= 11 is 0. The molecule has 0 spiro atoms. The lowest BCUT2D eigenvalue weighted by Gasteiger charge is -2.33. The molecule has 1 aliphatic heterocycles. The normalized spacial score (nSPS) is 14.5. The minimum Gasteiger partial charge on any atom is -0.337 e. The molecule has 9 heteroatoms. The van der Waals surface area contributed by atoms with E-state index in [0.29, 0.717) is 44.1 Å². The molecule has 3 aromatic rings. The minimum absolute atomic E-state index is 0.100. The Hall–Kier alpha value is -3.85. The molecule has 8 nitrogen and oxygen atoms in total. The van der Waals surface area contributed by atoms with Gasteiger partial charge in [0.25, 0.3) is 0 Å². The Labute approximate surface area is 191 Å². The Balaban J connectivity index is 1.21. The zero-order valence-electron chi connectivity index (χ0n) is 18.1. The first kappa shape index (κ1) is 22.3. The van der Waals surface area contributed by atoms with Gasteiger partial charge < -0.3 is 10.2 Å². The predicted molar refractivity (Wildman–Crippen MR) is 123 cm³/mol. The van der Waals surface area contributed by atoms with Gasteiger partial charge in [0.1, 0.15) is 11.5 Å². The maximum absolute atomic E-state index is 13.2. The summed E-state index contributed by atoms with van der Waals surface area (Å²) in [5, 5.41) is 10.9. The van der Waals surface area contributed by atoms with Crippen molar-refractivity contribution in [3.8, 4) is 0 Å². The number of nitrogens with zero attached hydrogens (tertiary/aromatic N) is 5. The van der Waals surface area contributed by atoms with Gasteiger partial charge in [-0.3, -0.25) is 14.5 Å². The van der Waals surface area contributed by atoms with Gasteiger partial charge in [-0.05, 0) is 29.8 Å². The summed E-state index contributed by atoms with van der Waals surface area (Å²) < 4.78 is 15.0. The number of amides is 2. The van der Waals surface area contributed by atoms with Gasteiger partial charge >= 0.3 is 0 Å². The molecule has 2 heterocycles. The van der Waals surface area contributed by atoms with Gasteiger partial charge in [-0.25, -0.2) is 9.07 Å². The number of rotatable bonds is 7. The monoisotopic (exact) mass is 448 g/mol. The minimum atomic E-state index is -0.397. The summed E-state index contributed by atoms with van der Waals surface area (Å²) in [6.45, 7) is 3.03. The van der Waals surface area contributed by atoms with Crippen molar-refractivity contribution in [1.29, 1.82) is 0 Å². The topological polar surface area (TPSA) is 83.4 Å². The molecular weight excluding hydrogens is 423 g/mol. The Morgan fingerprint density at radius 2 is 1.82 bits per heavy atom. The third-order valence-electron chi connectivity index (χ3n) is 5.30. The quantitative estimate of drug-likeness (QED) is 0.561. The van der Waals surface area contributed by atoms with E-state index >= 15 is 0 Å². The van der Waals surface area contributed by atoms with Crippen LogP contribution in [-0.4, -0.2) is 69.3 Å². The van der Waals surface area contributed by atoms with E-state index in [4.69, 9.17) is 0 Å². The summed E-state index contributed by atoms with van der Waals surface area (Å²) in [6, 6.07) is 15.7. The highest BCUT2D eigenvalue weighted by Gasteiger charge is 2.21. The van der Waals surface area contributed by atoms with E-state index in [1.165, 1.54) is 18.2 Å². The largest absolute Gasteiger partial charge is 0.337 e. The molecule has 1 fully saturated rings. The first-order valence-corrected chi connectivity index (χ1v) is 10.7. The first-order chi connectivity index (χ1) is 16.0. The molecule has 33 heavy (non-hydrogen) atoms. The summed E-state index contributed by atoms with van der Waals surface area (Å²) in [6.07, 6.45) is 4.96. The van der Waals surface area contributed by atoms with Crippen molar-refractivity contribution in [1.82, 2.24) is 24.8 Å². The van der Waals surface area contributed by atoms with E-state index in [1.54, 1.807) is 34.0 Å². The van der Waals surface area contributed by atoms with Crippen LogP contribution in [0.2, 0.25) is 0 Å². The molecule has 1 saturated heterocycles. The second kappa shape index (κ2) is 10.6. The molecule has 0 bridgehead atoms. The van der Waals surface area contributed by atoms with Crippen molar-refractivity contribution in [2.75, 3.05) is 38.0 Å². The van der Waals surface area contributed by atoms with Crippen LogP contribution in [0.4, 0.5) is 10.1 Å². The van der Waals surface area contributed by atoms with E-state index in [-0.39, 0.29) is 18.4 Å². The fraction of sp³-hybridized carbons (Fsp3) is 0.250. The average molecular weight is 449 g/mol. The molecule has 4 rings (SSSR count). The molecule has 1 aromatic heterocycles. The standard InChI is InChI=1S/C24H25FN6O2/c25-20-7-4-8-21(15-20)26-23(32)18-29-11-13-30(14-12-29)24(33)10-9-22-17-31(28-27-22)16-19-5-2-1-3-6-19/h1-10,15,17H,11-14,16,18H2,(H,26,32). The fourth-order valence-electron chi connectivity index (χ4n) is 3.60. The Kier molecular flexibility index (Phi) is 7.21. The highest BCUT2D eigenvalue weighted by Crippen LogP contribution is 2.10. The number of hydrogen-bond donors (Lipinski definition) is 1. The van der Waals surface area contributed by atoms with E-state index in [0.717, 1.165) is 5.56 Å². The van der Waals surface area contributed by atoms with Crippen molar-refractivity contribution < 1.29 is 14.0 Å². The number of benzene rings is 2. The second-order valence-corrected chi connectivity index (χ2v) is 7.82. The lowest BCUT2D eigenvalue weighted by molar-refractivity contribution is -0.127. The van der Waals surface area contributed by atoms with Crippen LogP contribution in [0.1, 0.15) is 11.3 Å². The van der Waals surface area contributed by atoms with Gasteiger partial charge in [0.15, 0.2) is 0 Å². The Morgan fingerprint density at radius 1 is 1.03 bits per heavy atom. The van der Waals surface area contributed by atoms with Crippen molar-refractivity contribution in [2.24, 2.45) is 0 Å². The lowest BCUT2D eigenvalue weighted by atomic mass is 10.2. The number of hydrogen-bond acceptors (Lipinski definition) is 5. The van der Waals surface area contributed by atoms with E-state index < -0.39 is 5.82 Å². The van der Waals surface area contributed by atoms with Crippen LogP contribution in [0.5, 0.6) is 0 Å². The van der Waals surface area contributed by atoms with Gasteiger partial charge in [-0.2, -0.15) is 0 Å². The highest BCUT2D eigenvalue weighted by molar-refractivity contribution is 5.92. The number of piperazine rings is 1. The molecule has 0 atom stereocenters. The van der Waals surface area contributed by atoms with E-state index in [1.807, 2.05) is 35.2 Å². The number of aromatic nitrogens is 3. The van der Waals surface area contributed by atoms with Crippen molar-refractivity contribution in [3.05, 3.63) is 83.9 Å². The maximum atomic E-state index is 13.2. The molecule has 2 aromatic carbocycles. The van der Waals surface area contributed by atoms with Crippen LogP contribution < -0.4 is 5.32 Å². The van der Waals surface area contributed by atoms with Crippen LogP contribution in [0.3, 0.4) is 0 Å². The van der Waals surface area contributed by atoms with Crippen LogP contribution in [-0.2, 0) is 16.1 Å². The third kappa shape index (κ3) is 6.56. The molecule has 1 aliphatic rings. The SMILES string of the molecule is O=C(CN1CCN(C(=O)C=Cc2cn(Cc3ccccc3)nn2)CC1)Nc1cccc(F)c1. The zero-order chi connectivity index (χ0) is 23.0. The van der Waals surface area contributed by atoms with Crippen LogP contribution in [0.25, 0.3) is 6.08 Å². The number of carbonyl (C=O) groups is 2. The van der Waals surface area contributed by atoms with Crippen LogP contribution in [0, 0.1) is 5.82 Å². The van der Waals surface area contributed by atoms with Gasteiger partial charge in [-0.1, -0.05) is 41.6 Å². The molecule has 0 unspecified atom stereocenters. The first-order valence-electron chi connectivity index (χ1n) is 10.7. The summed E-state index contributed by atoms with van der Waals surface area (Å²) in [5.74, 6) is -0.706. The number of anilines is 1. The molecule has 0 aliphatic carbocycles. The maximum Gasteiger partial charge on any atom is 0.246 e. The summed E-state index contributed by atoms with van der Waals surface area (Å²) in [4.78, 5) is 28.4. The smallest absolute Gasteiger partial charge is 0.246 e. The van der Waals surface area contributed by atoms with Crippen molar-refractivity contribution in [2.45, 2.75) is 6.54 Å². The molecule has 170 valence electrons. The molecule has 0 radical (unpaired) electrons. The summed E-state index contributed by atoms with van der Waals surface area (Å²) in [5.41, 5.74) is 2.17. The van der Waals surface area contributed by atoms with E-state index in [9.17, 15) is 14.0 Å². The Morgan fingerprint density at radius 3 is 2.58 bits per heavy atom. The lowest BCUT2D eigenvalue weighted by Crippen LogP contribution is -2.50. The summed E-state index contributed by atoms with van der Waals surface area (Å²) in [7, 11) is 0. The number of carbonyl (C=O) groups excluding carboxylic acids is 2. The van der Waals surface area contributed by atoms with Crippen LogP contribution >= 0.6 is 0 Å².